The van der Waals surface area contributed by atoms with Gasteiger partial charge in [-0.2, -0.15) is 0 Å². The van der Waals surface area contributed by atoms with E-state index < -0.39 is 11.7 Å². The van der Waals surface area contributed by atoms with Gasteiger partial charge in [-0.15, -0.1) is 0 Å². The van der Waals surface area contributed by atoms with Crippen molar-refractivity contribution >= 4 is 18.0 Å². The molecule has 22 heavy (non-hydrogen) atoms. The van der Waals surface area contributed by atoms with E-state index in [9.17, 15) is 14.0 Å². The van der Waals surface area contributed by atoms with E-state index in [1.165, 1.54) is 17.0 Å². The highest BCUT2D eigenvalue weighted by atomic mass is 19.1. The van der Waals surface area contributed by atoms with Gasteiger partial charge in [0.1, 0.15) is 11.4 Å². The van der Waals surface area contributed by atoms with E-state index >= 15 is 0 Å². The van der Waals surface area contributed by atoms with Crippen LogP contribution in [0.15, 0.2) is 30.0 Å². The van der Waals surface area contributed by atoms with Gasteiger partial charge in [0.2, 0.25) is 0 Å². The van der Waals surface area contributed by atoms with Crippen molar-refractivity contribution in [2.24, 2.45) is 0 Å². The summed E-state index contributed by atoms with van der Waals surface area (Å²) in [6.45, 7) is 5.77. The highest BCUT2D eigenvalue weighted by Crippen LogP contribution is 2.23. The number of hydrogen-bond acceptors (Lipinski definition) is 3. The molecule has 0 bridgehead atoms. The molecule has 0 saturated carbocycles. The second-order valence-corrected chi connectivity index (χ2v) is 6.24. The first-order valence-corrected chi connectivity index (χ1v) is 7.27. The molecule has 5 heteroatoms. The third-order valence-corrected chi connectivity index (χ3v) is 3.15. The van der Waals surface area contributed by atoms with Crippen molar-refractivity contribution < 1.29 is 18.7 Å². The minimum Gasteiger partial charge on any atom is -0.443 e. The fourth-order valence-corrected chi connectivity index (χ4v) is 2.18. The maximum absolute atomic E-state index is 13.0. The number of likely N-dealkylation sites (tertiary alicyclic amines) is 1. The second-order valence-electron chi connectivity index (χ2n) is 6.24. The van der Waals surface area contributed by atoms with Crippen molar-refractivity contribution in [1.82, 2.24) is 4.90 Å². The van der Waals surface area contributed by atoms with Crippen LogP contribution >= 0.6 is 0 Å². The summed E-state index contributed by atoms with van der Waals surface area (Å²) in [6, 6.07) is 5.77. The van der Waals surface area contributed by atoms with Crippen molar-refractivity contribution in [2.75, 3.05) is 6.54 Å². The lowest BCUT2D eigenvalue weighted by atomic mass is 10.0. The van der Waals surface area contributed by atoms with Crippen LogP contribution in [0.1, 0.15) is 39.2 Å². The minimum atomic E-state index is -0.626. The van der Waals surface area contributed by atoms with Gasteiger partial charge in [-0.25, -0.2) is 9.18 Å². The lowest BCUT2D eigenvalue weighted by molar-refractivity contribution is -0.118. The normalized spacial score (nSPS) is 17.7. The number of halogens is 1. The molecule has 1 aliphatic heterocycles. The van der Waals surface area contributed by atoms with Crippen molar-refractivity contribution in [2.45, 2.75) is 39.2 Å². The molecule has 1 fully saturated rings. The summed E-state index contributed by atoms with van der Waals surface area (Å²) in [5.41, 5.74) is 0.339. The number of hydrogen-bond donors (Lipinski definition) is 0. The molecule has 1 saturated heterocycles. The minimum absolute atomic E-state index is 0.110. The van der Waals surface area contributed by atoms with Crippen molar-refractivity contribution in [1.29, 1.82) is 0 Å². The van der Waals surface area contributed by atoms with Crippen LogP contribution in [-0.2, 0) is 9.53 Å². The molecule has 4 nitrogen and oxygen atoms in total. The third kappa shape index (κ3) is 4.16. The van der Waals surface area contributed by atoms with Gasteiger partial charge in [0, 0.05) is 13.0 Å². The number of rotatable bonds is 1. The smallest absolute Gasteiger partial charge is 0.414 e. The van der Waals surface area contributed by atoms with E-state index in [0.717, 1.165) is 0 Å². The van der Waals surface area contributed by atoms with Gasteiger partial charge in [0.25, 0.3) is 0 Å². The van der Waals surface area contributed by atoms with Crippen LogP contribution in [0.25, 0.3) is 6.08 Å². The fourth-order valence-electron chi connectivity index (χ4n) is 2.18. The summed E-state index contributed by atoms with van der Waals surface area (Å²) in [5.74, 6) is -0.456. The van der Waals surface area contributed by atoms with E-state index in [2.05, 4.69) is 0 Å². The maximum Gasteiger partial charge on any atom is 0.414 e. The quantitative estimate of drug-likeness (QED) is 0.742. The van der Waals surface area contributed by atoms with Crippen LogP contribution in [0.2, 0.25) is 0 Å². The molecule has 1 aliphatic rings. The van der Waals surface area contributed by atoms with Gasteiger partial charge in [-0.05, 0) is 51.0 Å². The third-order valence-electron chi connectivity index (χ3n) is 3.15. The van der Waals surface area contributed by atoms with Crippen molar-refractivity contribution in [3.63, 3.8) is 0 Å². The molecule has 2 rings (SSSR count). The summed E-state index contributed by atoms with van der Waals surface area (Å²) < 4.78 is 18.3. The first-order valence-electron chi connectivity index (χ1n) is 7.27. The Kier molecular flexibility index (Phi) is 4.64. The Hall–Kier alpha value is -2.17. The Morgan fingerprint density at radius 1 is 1.27 bits per heavy atom. The maximum atomic E-state index is 13.0. The summed E-state index contributed by atoms with van der Waals surface area (Å²) in [6.07, 6.45) is 2.07. The number of nitrogens with zero attached hydrogens (tertiary/aromatic N) is 1. The zero-order valence-corrected chi connectivity index (χ0v) is 13.1. The summed E-state index contributed by atoms with van der Waals surface area (Å²) in [7, 11) is 0. The number of carbonyl (C=O) groups excluding carboxylic acids is 2. The average Bonchev–Trinajstić information content (AvgIpc) is 2.41. The molecule has 1 aromatic rings. The number of amides is 1. The van der Waals surface area contributed by atoms with Crippen LogP contribution in [0.3, 0.4) is 0 Å². The number of ether oxygens (including phenoxy) is 1. The first kappa shape index (κ1) is 16.2. The standard InChI is InChI=1S/C17H20FNO3/c1-17(2,3)22-16(21)19-10-4-5-15(20)14(19)11-12-6-8-13(18)9-7-12/h6-9,11H,4-5,10H2,1-3H3. The van der Waals surface area contributed by atoms with Gasteiger partial charge in [-0.3, -0.25) is 9.69 Å². The Labute approximate surface area is 129 Å². The predicted octanol–water partition coefficient (Wildman–Crippen LogP) is 3.77. The molecule has 1 amide bonds. The molecular weight excluding hydrogens is 285 g/mol. The molecule has 1 aromatic carbocycles. The average molecular weight is 305 g/mol. The largest absolute Gasteiger partial charge is 0.443 e. The molecule has 1 heterocycles. The number of carbonyl (C=O) groups is 2. The Morgan fingerprint density at radius 2 is 1.91 bits per heavy atom. The van der Waals surface area contributed by atoms with Crippen molar-refractivity contribution in [3.8, 4) is 0 Å². The number of allylic oxidation sites excluding steroid dienone is 1. The monoisotopic (exact) mass is 305 g/mol. The van der Waals surface area contributed by atoms with Gasteiger partial charge in [0.05, 0.1) is 5.70 Å². The molecular formula is C17H20FNO3. The lowest BCUT2D eigenvalue weighted by Crippen LogP contribution is -2.41. The van der Waals surface area contributed by atoms with Gasteiger partial charge < -0.3 is 4.74 Å². The van der Waals surface area contributed by atoms with E-state index in [-0.39, 0.29) is 11.6 Å². The number of piperidine rings is 1. The Morgan fingerprint density at radius 3 is 2.50 bits per heavy atom. The van der Waals surface area contributed by atoms with Crippen molar-refractivity contribution in [3.05, 3.63) is 41.3 Å². The molecule has 118 valence electrons. The van der Waals surface area contributed by atoms with E-state index in [1.807, 2.05) is 0 Å². The number of Topliss-reactive ketones (excluding diaryl/α,β-unsaturated/α-hetero) is 1. The van der Waals surface area contributed by atoms with Crippen LogP contribution in [-0.4, -0.2) is 28.9 Å². The van der Waals surface area contributed by atoms with Crippen LogP contribution in [0, 0.1) is 5.82 Å². The molecule has 0 unspecified atom stereocenters. The lowest BCUT2D eigenvalue weighted by Gasteiger charge is -2.31. The molecule has 0 aliphatic carbocycles. The highest BCUT2D eigenvalue weighted by molar-refractivity contribution is 6.02. The Bertz CT molecular complexity index is 599. The van der Waals surface area contributed by atoms with Gasteiger partial charge in [-0.1, -0.05) is 12.1 Å². The van der Waals surface area contributed by atoms with E-state index in [0.29, 0.717) is 30.6 Å². The van der Waals surface area contributed by atoms with Crippen LogP contribution in [0.5, 0.6) is 0 Å². The number of ketones is 1. The predicted molar refractivity (Wildman–Crippen MR) is 81.6 cm³/mol. The molecule has 0 aromatic heterocycles. The summed E-state index contributed by atoms with van der Waals surface area (Å²) in [4.78, 5) is 25.8. The zero-order chi connectivity index (χ0) is 16.3. The van der Waals surface area contributed by atoms with E-state index in [1.54, 1.807) is 39.0 Å². The summed E-state index contributed by atoms with van der Waals surface area (Å²) >= 11 is 0. The molecule has 0 spiro atoms. The molecule has 0 atom stereocenters. The zero-order valence-electron chi connectivity index (χ0n) is 13.1. The van der Waals surface area contributed by atoms with Gasteiger partial charge in [0.15, 0.2) is 5.78 Å². The first-order chi connectivity index (χ1) is 10.3. The highest BCUT2D eigenvalue weighted by Gasteiger charge is 2.30. The fraction of sp³-hybridized carbons (Fsp3) is 0.412. The second kappa shape index (κ2) is 6.30. The SMILES string of the molecule is CC(C)(C)OC(=O)N1CCCC(=O)C1=Cc1ccc(F)cc1. The molecule has 0 radical (unpaired) electrons. The van der Waals surface area contributed by atoms with Gasteiger partial charge >= 0.3 is 6.09 Å². The van der Waals surface area contributed by atoms with E-state index in [4.69, 9.17) is 4.74 Å². The Balaban J connectivity index is 2.29. The molecule has 0 N–H and O–H groups in total. The topological polar surface area (TPSA) is 46.6 Å². The number of benzene rings is 1. The summed E-state index contributed by atoms with van der Waals surface area (Å²) in [5, 5.41) is 0. The van der Waals surface area contributed by atoms with Crippen LogP contribution < -0.4 is 0 Å². The van der Waals surface area contributed by atoms with Crippen LogP contribution in [0.4, 0.5) is 9.18 Å².